The Balaban J connectivity index is 1.46. The summed E-state index contributed by atoms with van der Waals surface area (Å²) >= 11 is 0. The normalized spacial score (nSPS) is 24.2. The molecule has 2 aromatic carbocycles. The summed E-state index contributed by atoms with van der Waals surface area (Å²) < 4.78 is 13.6. The highest BCUT2D eigenvalue weighted by Crippen LogP contribution is 2.38. The Labute approximate surface area is 200 Å². The Bertz CT molecular complexity index is 963. The van der Waals surface area contributed by atoms with Gasteiger partial charge in [-0.15, -0.1) is 6.58 Å². The van der Waals surface area contributed by atoms with E-state index in [1.807, 2.05) is 18.2 Å². The number of piperidine rings is 1. The molecule has 4 rings (SSSR count). The maximum atomic E-state index is 13.6. The zero-order valence-corrected chi connectivity index (χ0v) is 19.5. The molecule has 0 radical (unpaired) electrons. The molecule has 0 saturated carbocycles. The predicted octanol–water partition coefficient (Wildman–Crippen LogP) is 3.78. The summed E-state index contributed by atoms with van der Waals surface area (Å²) in [5.74, 6) is -0.352. The fourth-order valence-electron chi connectivity index (χ4n) is 5.48. The summed E-state index contributed by atoms with van der Waals surface area (Å²) in [5.41, 5.74) is 0.865. The Morgan fingerprint density at radius 1 is 1.12 bits per heavy atom. The molecule has 2 atom stereocenters. The molecular formula is C27H34FN3O3. The Kier molecular flexibility index (Phi) is 7.66. The van der Waals surface area contributed by atoms with Crippen molar-refractivity contribution >= 4 is 6.09 Å². The van der Waals surface area contributed by atoms with Crippen molar-refractivity contribution in [3.8, 4) is 0 Å². The lowest BCUT2D eigenvalue weighted by molar-refractivity contribution is -0.0101. The monoisotopic (exact) mass is 467 g/mol. The number of aliphatic hydroxyl groups is 1. The van der Waals surface area contributed by atoms with Crippen molar-refractivity contribution in [2.45, 2.75) is 31.0 Å². The van der Waals surface area contributed by atoms with E-state index in [1.54, 1.807) is 18.2 Å². The molecule has 2 aromatic rings. The average molecular weight is 468 g/mol. The van der Waals surface area contributed by atoms with E-state index >= 15 is 0 Å². The highest BCUT2D eigenvalue weighted by atomic mass is 19.1. The fraction of sp³-hybridized carbons (Fsp3) is 0.444. The summed E-state index contributed by atoms with van der Waals surface area (Å²) in [7, 11) is 0. The second kappa shape index (κ2) is 10.7. The van der Waals surface area contributed by atoms with Crippen LogP contribution < -0.4 is 0 Å². The minimum Gasteiger partial charge on any atom is -0.465 e. The van der Waals surface area contributed by atoms with Gasteiger partial charge in [-0.3, -0.25) is 4.90 Å². The lowest BCUT2D eigenvalue weighted by atomic mass is 9.83. The van der Waals surface area contributed by atoms with E-state index in [0.717, 1.165) is 44.6 Å². The number of carboxylic acid groups (broad SMARTS) is 1. The maximum Gasteiger partial charge on any atom is 0.407 e. The molecule has 2 heterocycles. The van der Waals surface area contributed by atoms with E-state index in [9.17, 15) is 19.4 Å². The Morgan fingerprint density at radius 3 is 2.41 bits per heavy atom. The van der Waals surface area contributed by atoms with Gasteiger partial charge in [-0.2, -0.15) is 0 Å². The van der Waals surface area contributed by atoms with Crippen LogP contribution in [0.3, 0.4) is 0 Å². The molecule has 2 aliphatic rings. The summed E-state index contributed by atoms with van der Waals surface area (Å²) in [5, 5.41) is 21.4. The third-order valence-corrected chi connectivity index (χ3v) is 7.26. The Hall–Kier alpha value is -2.74. The quantitative estimate of drug-likeness (QED) is 0.579. The Morgan fingerprint density at radius 2 is 1.79 bits per heavy atom. The van der Waals surface area contributed by atoms with Crippen molar-refractivity contribution in [1.29, 1.82) is 0 Å². The second-order valence-electron chi connectivity index (χ2n) is 9.54. The van der Waals surface area contributed by atoms with Gasteiger partial charge in [0.25, 0.3) is 0 Å². The van der Waals surface area contributed by atoms with E-state index < -0.39 is 11.7 Å². The third-order valence-electron chi connectivity index (χ3n) is 7.26. The maximum absolute atomic E-state index is 13.6. The van der Waals surface area contributed by atoms with Crippen LogP contribution in [0.4, 0.5) is 9.18 Å². The first-order chi connectivity index (χ1) is 16.4. The molecule has 2 saturated heterocycles. The highest BCUT2D eigenvalue weighted by Gasteiger charge is 2.47. The number of amides is 1. The molecule has 182 valence electrons. The first-order valence-corrected chi connectivity index (χ1v) is 12.0. The third kappa shape index (κ3) is 5.49. The van der Waals surface area contributed by atoms with Gasteiger partial charge in [0, 0.05) is 57.8 Å². The number of benzene rings is 2. The lowest BCUT2D eigenvalue weighted by Gasteiger charge is -2.39. The SMILES string of the molecule is C=CCN(C(=O)O)C1CCN(CC2CN(Cc3ccccc3)CC2(O)c2ccc(F)cc2)CC1. The van der Waals surface area contributed by atoms with Crippen LogP contribution in [0.5, 0.6) is 0 Å². The van der Waals surface area contributed by atoms with Crippen LogP contribution in [-0.2, 0) is 12.1 Å². The first kappa shape index (κ1) is 24.4. The van der Waals surface area contributed by atoms with Gasteiger partial charge in [-0.1, -0.05) is 48.5 Å². The van der Waals surface area contributed by atoms with E-state index in [-0.39, 0.29) is 17.8 Å². The number of β-amino-alcohol motifs (C(OH)–C–C–N with tert-alkyl or cyclic N) is 1. The zero-order chi connectivity index (χ0) is 24.1. The van der Waals surface area contributed by atoms with Crippen molar-refractivity contribution in [1.82, 2.24) is 14.7 Å². The predicted molar refractivity (Wildman–Crippen MR) is 130 cm³/mol. The smallest absolute Gasteiger partial charge is 0.407 e. The number of hydrogen-bond donors (Lipinski definition) is 2. The summed E-state index contributed by atoms with van der Waals surface area (Å²) in [6.45, 7) is 8.25. The van der Waals surface area contributed by atoms with E-state index in [2.05, 4.69) is 28.5 Å². The van der Waals surface area contributed by atoms with Crippen LogP contribution in [0, 0.1) is 11.7 Å². The standard InChI is InChI=1S/C27H34FN3O3/c1-2-14-31(26(32)33)25-12-15-29(16-13-25)18-23-19-30(17-21-6-4-3-5-7-21)20-27(23,34)22-8-10-24(28)11-9-22/h2-11,23,25,34H,1,12-20H2,(H,32,33). The minimum atomic E-state index is -1.07. The van der Waals surface area contributed by atoms with Crippen LogP contribution >= 0.6 is 0 Å². The van der Waals surface area contributed by atoms with E-state index in [1.165, 1.54) is 22.6 Å². The molecule has 2 N–H and O–H groups in total. The van der Waals surface area contributed by atoms with Gasteiger partial charge in [-0.05, 0) is 36.1 Å². The van der Waals surface area contributed by atoms with Crippen molar-refractivity contribution in [2.75, 3.05) is 39.3 Å². The number of carbonyl (C=O) groups is 1. The van der Waals surface area contributed by atoms with Gasteiger partial charge in [0.2, 0.25) is 0 Å². The molecule has 2 unspecified atom stereocenters. The van der Waals surface area contributed by atoms with Gasteiger partial charge >= 0.3 is 6.09 Å². The zero-order valence-electron chi connectivity index (χ0n) is 19.5. The van der Waals surface area contributed by atoms with Crippen molar-refractivity contribution in [3.63, 3.8) is 0 Å². The van der Waals surface area contributed by atoms with Crippen LogP contribution in [-0.4, -0.2) is 76.3 Å². The molecule has 34 heavy (non-hydrogen) atoms. The molecule has 2 aliphatic heterocycles. The highest BCUT2D eigenvalue weighted by molar-refractivity contribution is 5.65. The topological polar surface area (TPSA) is 67.3 Å². The van der Waals surface area contributed by atoms with Crippen molar-refractivity contribution in [2.24, 2.45) is 5.92 Å². The van der Waals surface area contributed by atoms with Crippen molar-refractivity contribution in [3.05, 3.63) is 84.2 Å². The first-order valence-electron chi connectivity index (χ1n) is 12.0. The van der Waals surface area contributed by atoms with Gasteiger partial charge in [0.05, 0.1) is 0 Å². The van der Waals surface area contributed by atoms with E-state index in [4.69, 9.17) is 0 Å². The number of nitrogens with zero attached hydrogens (tertiary/aromatic N) is 3. The average Bonchev–Trinajstić information content (AvgIpc) is 3.14. The minimum absolute atomic E-state index is 0.0131. The van der Waals surface area contributed by atoms with Gasteiger partial charge in [0.15, 0.2) is 0 Å². The molecule has 0 bridgehead atoms. The molecule has 0 aliphatic carbocycles. The number of hydrogen-bond acceptors (Lipinski definition) is 4. The number of rotatable bonds is 8. The largest absolute Gasteiger partial charge is 0.465 e. The molecule has 2 fully saturated rings. The fourth-order valence-corrected chi connectivity index (χ4v) is 5.48. The molecule has 0 aromatic heterocycles. The van der Waals surface area contributed by atoms with Gasteiger partial charge in [-0.25, -0.2) is 9.18 Å². The van der Waals surface area contributed by atoms with Gasteiger partial charge < -0.3 is 20.0 Å². The van der Waals surface area contributed by atoms with Crippen LogP contribution in [0.15, 0.2) is 67.3 Å². The molecule has 6 nitrogen and oxygen atoms in total. The number of likely N-dealkylation sites (tertiary alicyclic amines) is 2. The van der Waals surface area contributed by atoms with Crippen LogP contribution in [0.25, 0.3) is 0 Å². The van der Waals surface area contributed by atoms with Crippen LogP contribution in [0.1, 0.15) is 24.0 Å². The summed E-state index contributed by atoms with van der Waals surface area (Å²) in [4.78, 5) is 17.7. The molecular weight excluding hydrogens is 433 g/mol. The molecule has 0 spiro atoms. The summed E-state index contributed by atoms with van der Waals surface area (Å²) in [6.07, 6.45) is 2.24. The molecule has 1 amide bonds. The van der Waals surface area contributed by atoms with Crippen LogP contribution in [0.2, 0.25) is 0 Å². The van der Waals surface area contributed by atoms with Crippen molar-refractivity contribution < 1.29 is 19.4 Å². The molecule has 7 heteroatoms. The van der Waals surface area contributed by atoms with E-state index in [0.29, 0.717) is 19.6 Å². The summed E-state index contributed by atoms with van der Waals surface area (Å²) in [6, 6.07) is 16.4. The van der Waals surface area contributed by atoms with Gasteiger partial charge in [0.1, 0.15) is 11.4 Å². The second-order valence-corrected chi connectivity index (χ2v) is 9.54. The lowest BCUT2D eigenvalue weighted by Crippen LogP contribution is -2.49. The number of halogens is 1.